The van der Waals surface area contributed by atoms with Crippen molar-refractivity contribution in [3.05, 3.63) is 6.92 Å². The van der Waals surface area contributed by atoms with E-state index in [9.17, 15) is 0 Å². The molecule has 0 rings (SSSR count). The molecule has 0 heterocycles. The largest absolute Gasteiger partial charge is 0.342 e. The third-order valence-corrected chi connectivity index (χ3v) is 0.605. The minimum Gasteiger partial charge on any atom is -0.342 e. The van der Waals surface area contributed by atoms with Gasteiger partial charge in [0.15, 0.2) is 0 Å². The van der Waals surface area contributed by atoms with Gasteiger partial charge in [-0.05, 0) is 20.6 Å². The molecule has 0 amide bonds. The van der Waals surface area contributed by atoms with Gasteiger partial charge in [0.1, 0.15) is 0 Å². The van der Waals surface area contributed by atoms with Crippen LogP contribution < -0.4 is 0 Å². The minimum atomic E-state index is 0. The molecule has 0 N–H and O–H groups in total. The average molecular weight is 251 g/mol. The van der Waals surface area contributed by atoms with Gasteiger partial charge in [-0.15, -0.1) is 0 Å². The van der Waals surface area contributed by atoms with Crippen LogP contribution in [0.4, 0.5) is 0 Å². The van der Waals surface area contributed by atoms with Gasteiger partial charge in [-0.25, -0.2) is 0 Å². The maximum atomic E-state index is 3.68. The molecule has 1 nitrogen and oxygen atoms in total. The molecule has 49 valence electrons. The van der Waals surface area contributed by atoms with Crippen LogP contribution in [0.25, 0.3) is 0 Å². The van der Waals surface area contributed by atoms with Crippen LogP contribution in [0.2, 0.25) is 0 Å². The first-order chi connectivity index (χ1) is 2.77. The van der Waals surface area contributed by atoms with E-state index in [0.29, 0.717) is 0 Å². The van der Waals surface area contributed by atoms with E-state index < -0.39 is 0 Å². The second-order valence-electron chi connectivity index (χ2n) is 1.66. The van der Waals surface area contributed by atoms with Crippen molar-refractivity contribution in [3.8, 4) is 0 Å². The maximum Gasteiger partial charge on any atom is 0 e. The Hall–Kier alpha value is 1.22. The number of nitrogens with zero attached hydrogens (tertiary/aromatic N) is 1. The number of hydrogen-bond donors (Lipinski definition) is 0. The summed E-state index contributed by atoms with van der Waals surface area (Å²) >= 11 is 0. The van der Waals surface area contributed by atoms with Crippen LogP contribution in [-0.4, -0.2) is 25.5 Å². The molecule has 0 aliphatic rings. The van der Waals surface area contributed by atoms with Crippen molar-refractivity contribution in [2.24, 2.45) is 0 Å². The molecule has 0 bridgehead atoms. The predicted molar refractivity (Wildman–Crippen MR) is 28.5 cm³/mol. The zero-order valence-electron chi connectivity index (χ0n) is 4.87. The number of rotatable bonds is 2. The van der Waals surface area contributed by atoms with Crippen molar-refractivity contribution in [2.75, 3.05) is 20.6 Å². The molecular weight excluding hydrogens is 239 g/mol. The van der Waals surface area contributed by atoms with E-state index in [0.717, 1.165) is 13.0 Å². The van der Waals surface area contributed by atoms with E-state index in [1.807, 2.05) is 14.1 Å². The Bertz CT molecular complexity index is 29.3. The second-order valence-corrected chi connectivity index (χ2v) is 1.66. The standard InChI is InChI=1S/C5H12N.Ho/c1-4-5-6(2)3;/h1,4-5H2,2-3H3;/q-1;. The maximum absolute atomic E-state index is 3.68. The van der Waals surface area contributed by atoms with Crippen LogP contribution in [0.3, 0.4) is 0 Å². The Morgan fingerprint density at radius 2 is 1.86 bits per heavy atom. The van der Waals surface area contributed by atoms with Gasteiger partial charge in [-0.3, -0.25) is 0 Å². The zero-order valence-corrected chi connectivity index (χ0v) is 6.80. The normalized spacial score (nSPS) is 8.57. The molecule has 0 aliphatic carbocycles. The summed E-state index contributed by atoms with van der Waals surface area (Å²) in [5, 5.41) is 0. The fourth-order valence-corrected chi connectivity index (χ4v) is 0.316. The van der Waals surface area contributed by atoms with E-state index in [-0.39, 0.29) is 37.7 Å². The second kappa shape index (κ2) is 7.22. The van der Waals surface area contributed by atoms with E-state index in [1.54, 1.807) is 0 Å². The third-order valence-electron chi connectivity index (χ3n) is 0.605. The van der Waals surface area contributed by atoms with Gasteiger partial charge in [-0.2, -0.15) is 6.42 Å². The number of hydrogen-bond acceptors (Lipinski definition) is 1. The van der Waals surface area contributed by atoms with E-state index in [1.165, 1.54) is 0 Å². The Labute approximate surface area is 76.1 Å². The molecule has 0 fully saturated rings. The van der Waals surface area contributed by atoms with Crippen LogP contribution in [-0.2, 0) is 0 Å². The van der Waals surface area contributed by atoms with Crippen LogP contribution in [0.15, 0.2) is 0 Å². The van der Waals surface area contributed by atoms with Crippen LogP contribution >= 0.6 is 0 Å². The van der Waals surface area contributed by atoms with E-state index >= 15 is 0 Å². The van der Waals surface area contributed by atoms with Crippen molar-refractivity contribution in [1.82, 2.24) is 4.90 Å². The van der Waals surface area contributed by atoms with Gasteiger partial charge in [-0.1, -0.05) is 0 Å². The van der Waals surface area contributed by atoms with Crippen molar-refractivity contribution in [3.63, 3.8) is 0 Å². The fraction of sp³-hybridized carbons (Fsp3) is 0.800. The SMILES string of the molecule is [CH2-]CCN(C)C.[Ho]. The average Bonchev–Trinajstić information content (AvgIpc) is 1.35. The van der Waals surface area contributed by atoms with E-state index in [4.69, 9.17) is 0 Å². The van der Waals surface area contributed by atoms with Crippen LogP contribution in [0.5, 0.6) is 0 Å². The van der Waals surface area contributed by atoms with Crippen LogP contribution in [0.1, 0.15) is 6.42 Å². The molecule has 0 saturated heterocycles. The molecule has 0 saturated carbocycles. The van der Waals surface area contributed by atoms with Gasteiger partial charge in [0.2, 0.25) is 0 Å². The summed E-state index contributed by atoms with van der Waals surface area (Å²) < 4.78 is 0. The summed E-state index contributed by atoms with van der Waals surface area (Å²) in [6.07, 6.45) is 1.01. The molecule has 0 unspecified atom stereocenters. The smallest absolute Gasteiger partial charge is 0 e. The van der Waals surface area contributed by atoms with Crippen molar-refractivity contribution in [2.45, 2.75) is 6.42 Å². The molecular formula is C5H12HoN-. The monoisotopic (exact) mass is 251 g/mol. The molecule has 0 aliphatic heterocycles. The van der Waals surface area contributed by atoms with Gasteiger partial charge in [0.25, 0.3) is 0 Å². The third kappa shape index (κ3) is 11.0. The molecule has 1 radical (unpaired) electrons. The van der Waals surface area contributed by atoms with Gasteiger partial charge in [0, 0.05) is 37.7 Å². The Morgan fingerprint density at radius 3 is 1.86 bits per heavy atom. The molecule has 7 heavy (non-hydrogen) atoms. The summed E-state index contributed by atoms with van der Waals surface area (Å²) in [5.41, 5.74) is 0. The minimum absolute atomic E-state index is 0. The summed E-state index contributed by atoms with van der Waals surface area (Å²) in [6, 6.07) is 0. The van der Waals surface area contributed by atoms with Crippen molar-refractivity contribution >= 4 is 0 Å². The molecule has 0 aromatic heterocycles. The summed E-state index contributed by atoms with van der Waals surface area (Å²) in [7, 11) is 4.09. The molecule has 0 spiro atoms. The van der Waals surface area contributed by atoms with Gasteiger partial charge >= 0.3 is 0 Å². The Kier molecular flexibility index (Phi) is 11.4. The van der Waals surface area contributed by atoms with Gasteiger partial charge in [0.05, 0.1) is 0 Å². The Balaban J connectivity index is 0. The molecule has 0 aromatic rings. The first-order valence-corrected chi connectivity index (χ1v) is 2.21. The first kappa shape index (κ1) is 11.1. The molecule has 0 aromatic carbocycles. The summed E-state index contributed by atoms with van der Waals surface area (Å²) in [6.45, 7) is 4.78. The van der Waals surface area contributed by atoms with Crippen LogP contribution in [0, 0.1) is 44.7 Å². The predicted octanol–water partition coefficient (Wildman–Crippen LogP) is 0.772. The quantitative estimate of drug-likeness (QED) is 0.517. The zero-order chi connectivity index (χ0) is 4.99. The van der Waals surface area contributed by atoms with E-state index in [2.05, 4.69) is 11.8 Å². The van der Waals surface area contributed by atoms with Gasteiger partial charge < -0.3 is 11.8 Å². The summed E-state index contributed by atoms with van der Waals surface area (Å²) in [4.78, 5) is 2.12. The summed E-state index contributed by atoms with van der Waals surface area (Å²) in [5.74, 6) is 0. The van der Waals surface area contributed by atoms with Crippen molar-refractivity contribution < 1.29 is 37.7 Å². The first-order valence-electron chi connectivity index (χ1n) is 2.21. The molecule has 0 atom stereocenters. The topological polar surface area (TPSA) is 3.24 Å². The Morgan fingerprint density at radius 1 is 1.43 bits per heavy atom. The molecule has 2 heteroatoms. The fourth-order valence-electron chi connectivity index (χ4n) is 0.316. The van der Waals surface area contributed by atoms with Crippen molar-refractivity contribution in [1.29, 1.82) is 0 Å².